The van der Waals surface area contributed by atoms with E-state index in [9.17, 15) is 9.90 Å². The standard InChI is InChI=1S/C12H17ClN4O2/c1-7-4-5-17(9(7)6-18)12(19)11-8(13)2-3-10(15-11)16-14/h2-3,7,9,18H,4-6,14H2,1H3,(H,15,16). The fourth-order valence-corrected chi connectivity index (χ4v) is 2.53. The minimum absolute atomic E-state index is 0.0562. The van der Waals surface area contributed by atoms with Crippen molar-refractivity contribution >= 4 is 23.3 Å². The maximum Gasteiger partial charge on any atom is 0.274 e. The summed E-state index contributed by atoms with van der Waals surface area (Å²) in [6.07, 6.45) is 0.864. The Labute approximate surface area is 116 Å². The van der Waals surface area contributed by atoms with Gasteiger partial charge in [-0.3, -0.25) is 4.79 Å². The number of aromatic nitrogens is 1. The maximum absolute atomic E-state index is 12.5. The minimum Gasteiger partial charge on any atom is -0.394 e. The number of aliphatic hydroxyl groups excluding tert-OH is 1. The van der Waals surface area contributed by atoms with Gasteiger partial charge in [-0.1, -0.05) is 18.5 Å². The van der Waals surface area contributed by atoms with Gasteiger partial charge in [0.2, 0.25) is 0 Å². The van der Waals surface area contributed by atoms with Gasteiger partial charge in [0.25, 0.3) is 5.91 Å². The van der Waals surface area contributed by atoms with Gasteiger partial charge in [-0.05, 0) is 24.5 Å². The third kappa shape index (κ3) is 2.65. The van der Waals surface area contributed by atoms with E-state index in [0.717, 1.165) is 6.42 Å². The molecule has 6 nitrogen and oxygen atoms in total. The van der Waals surface area contributed by atoms with Crippen LogP contribution in [0.25, 0.3) is 0 Å². The second-order valence-electron chi connectivity index (χ2n) is 4.69. The number of nitrogens with zero attached hydrogens (tertiary/aromatic N) is 2. The highest BCUT2D eigenvalue weighted by atomic mass is 35.5. The van der Waals surface area contributed by atoms with Crippen LogP contribution in [-0.4, -0.2) is 40.1 Å². The smallest absolute Gasteiger partial charge is 0.274 e. The van der Waals surface area contributed by atoms with Crippen molar-refractivity contribution in [2.24, 2.45) is 11.8 Å². The molecule has 1 aliphatic heterocycles. The highest BCUT2D eigenvalue weighted by Gasteiger charge is 2.35. The second-order valence-corrected chi connectivity index (χ2v) is 5.09. The zero-order valence-electron chi connectivity index (χ0n) is 10.6. The number of hydrazine groups is 1. The zero-order chi connectivity index (χ0) is 14.0. The van der Waals surface area contributed by atoms with Gasteiger partial charge >= 0.3 is 0 Å². The molecular weight excluding hydrogens is 268 g/mol. The Morgan fingerprint density at radius 2 is 2.42 bits per heavy atom. The Morgan fingerprint density at radius 1 is 1.68 bits per heavy atom. The molecule has 1 saturated heterocycles. The molecule has 0 spiro atoms. The van der Waals surface area contributed by atoms with Gasteiger partial charge in [-0.2, -0.15) is 0 Å². The molecule has 2 atom stereocenters. The normalized spacial score (nSPS) is 22.6. The molecule has 2 rings (SSSR count). The van der Waals surface area contributed by atoms with Crippen LogP contribution in [0.4, 0.5) is 5.82 Å². The number of nitrogens with two attached hydrogens (primary N) is 1. The van der Waals surface area contributed by atoms with Gasteiger partial charge in [0.15, 0.2) is 0 Å². The van der Waals surface area contributed by atoms with Crippen molar-refractivity contribution in [2.75, 3.05) is 18.6 Å². The van der Waals surface area contributed by atoms with E-state index in [1.54, 1.807) is 17.0 Å². The van der Waals surface area contributed by atoms with E-state index < -0.39 is 0 Å². The van der Waals surface area contributed by atoms with Gasteiger partial charge in [-0.15, -0.1) is 0 Å². The number of anilines is 1. The highest BCUT2D eigenvalue weighted by molar-refractivity contribution is 6.33. The fourth-order valence-electron chi connectivity index (χ4n) is 2.35. The molecule has 0 aromatic carbocycles. The molecule has 1 fully saturated rings. The molecule has 1 aromatic rings. The van der Waals surface area contributed by atoms with Crippen LogP contribution in [-0.2, 0) is 0 Å². The predicted octanol–water partition coefficient (Wildman–Crippen LogP) is 0.864. The molecule has 104 valence electrons. The Balaban J connectivity index is 2.29. The first-order valence-corrected chi connectivity index (χ1v) is 6.51. The summed E-state index contributed by atoms with van der Waals surface area (Å²) in [5.74, 6) is 5.65. The molecule has 0 radical (unpaired) electrons. The van der Waals surface area contributed by atoms with E-state index in [-0.39, 0.29) is 35.2 Å². The van der Waals surface area contributed by atoms with Crippen LogP contribution in [0.1, 0.15) is 23.8 Å². The summed E-state index contributed by atoms with van der Waals surface area (Å²) in [6, 6.07) is 2.99. The third-order valence-corrected chi connectivity index (χ3v) is 3.83. The van der Waals surface area contributed by atoms with Crippen LogP contribution in [0.3, 0.4) is 0 Å². The van der Waals surface area contributed by atoms with Crippen molar-refractivity contribution < 1.29 is 9.90 Å². The number of hydrogen-bond donors (Lipinski definition) is 3. The van der Waals surface area contributed by atoms with E-state index in [1.807, 2.05) is 6.92 Å². The molecular formula is C12H17ClN4O2. The van der Waals surface area contributed by atoms with Crippen molar-refractivity contribution in [3.8, 4) is 0 Å². The first kappa shape index (κ1) is 14.0. The third-order valence-electron chi connectivity index (χ3n) is 3.53. The molecule has 1 aromatic heterocycles. The highest BCUT2D eigenvalue weighted by Crippen LogP contribution is 2.27. The summed E-state index contributed by atoms with van der Waals surface area (Å²) < 4.78 is 0. The molecule has 2 heterocycles. The van der Waals surface area contributed by atoms with Crippen LogP contribution >= 0.6 is 11.6 Å². The van der Waals surface area contributed by atoms with Gasteiger partial charge < -0.3 is 15.4 Å². The molecule has 1 amide bonds. The van der Waals surface area contributed by atoms with Crippen LogP contribution in [0.2, 0.25) is 5.02 Å². The van der Waals surface area contributed by atoms with Crippen molar-refractivity contribution in [3.05, 3.63) is 22.8 Å². The number of aliphatic hydroxyl groups is 1. The van der Waals surface area contributed by atoms with Crippen molar-refractivity contribution in [2.45, 2.75) is 19.4 Å². The summed E-state index contributed by atoms with van der Waals surface area (Å²) in [5.41, 5.74) is 2.54. The van der Waals surface area contributed by atoms with E-state index in [1.165, 1.54) is 0 Å². The largest absolute Gasteiger partial charge is 0.394 e. The average Bonchev–Trinajstić information content (AvgIpc) is 2.79. The number of likely N-dealkylation sites (tertiary alicyclic amines) is 1. The Bertz CT molecular complexity index is 483. The molecule has 0 saturated carbocycles. The molecule has 7 heteroatoms. The van der Waals surface area contributed by atoms with Crippen LogP contribution in [0, 0.1) is 5.92 Å². The van der Waals surface area contributed by atoms with Gasteiger partial charge in [0.1, 0.15) is 11.5 Å². The lowest BCUT2D eigenvalue weighted by Gasteiger charge is -2.25. The van der Waals surface area contributed by atoms with Gasteiger partial charge in [0.05, 0.1) is 17.7 Å². The summed E-state index contributed by atoms with van der Waals surface area (Å²) in [4.78, 5) is 18.2. The lowest BCUT2D eigenvalue weighted by atomic mass is 10.0. The predicted molar refractivity (Wildman–Crippen MR) is 72.7 cm³/mol. The van der Waals surface area contributed by atoms with E-state index >= 15 is 0 Å². The maximum atomic E-state index is 12.5. The number of hydrogen-bond acceptors (Lipinski definition) is 5. The lowest BCUT2D eigenvalue weighted by Crippen LogP contribution is -2.40. The van der Waals surface area contributed by atoms with Crippen molar-refractivity contribution in [1.82, 2.24) is 9.88 Å². The van der Waals surface area contributed by atoms with E-state index in [2.05, 4.69) is 10.4 Å². The molecule has 1 aliphatic rings. The lowest BCUT2D eigenvalue weighted by molar-refractivity contribution is 0.0642. The Kier molecular flexibility index (Phi) is 4.24. The molecule has 4 N–H and O–H groups in total. The Hall–Kier alpha value is -1.37. The molecule has 0 aliphatic carbocycles. The van der Waals surface area contributed by atoms with Gasteiger partial charge in [0, 0.05) is 6.54 Å². The second kappa shape index (κ2) is 5.73. The van der Waals surface area contributed by atoms with Crippen molar-refractivity contribution in [1.29, 1.82) is 0 Å². The summed E-state index contributed by atoms with van der Waals surface area (Å²) in [6.45, 7) is 2.56. The minimum atomic E-state index is -0.273. The number of amides is 1. The van der Waals surface area contributed by atoms with Crippen LogP contribution < -0.4 is 11.3 Å². The van der Waals surface area contributed by atoms with E-state index in [0.29, 0.717) is 12.4 Å². The number of carbonyl (C=O) groups excluding carboxylic acids is 1. The number of nitrogens with one attached hydrogen (secondary N) is 1. The SMILES string of the molecule is CC1CCN(C(=O)c2nc(NN)ccc2Cl)C1CO. The molecule has 19 heavy (non-hydrogen) atoms. The fraction of sp³-hybridized carbons (Fsp3) is 0.500. The first-order valence-electron chi connectivity index (χ1n) is 6.13. The summed E-state index contributed by atoms with van der Waals surface area (Å²) >= 11 is 6.01. The molecule has 0 bridgehead atoms. The van der Waals surface area contributed by atoms with E-state index in [4.69, 9.17) is 17.4 Å². The monoisotopic (exact) mass is 284 g/mol. The molecule has 2 unspecified atom stereocenters. The number of nitrogen functional groups attached to an aromatic ring is 1. The number of pyridine rings is 1. The Morgan fingerprint density at radius 3 is 3.05 bits per heavy atom. The van der Waals surface area contributed by atoms with Crippen molar-refractivity contribution in [3.63, 3.8) is 0 Å². The zero-order valence-corrected chi connectivity index (χ0v) is 11.4. The topological polar surface area (TPSA) is 91.5 Å². The summed E-state index contributed by atoms with van der Waals surface area (Å²) in [5, 5.41) is 9.67. The van der Waals surface area contributed by atoms with Crippen LogP contribution in [0.15, 0.2) is 12.1 Å². The number of halogens is 1. The summed E-state index contributed by atoms with van der Waals surface area (Å²) in [7, 11) is 0. The quantitative estimate of drug-likeness (QED) is 0.566. The number of carbonyl (C=O) groups is 1. The average molecular weight is 285 g/mol. The number of rotatable bonds is 3. The van der Waals surface area contributed by atoms with Crippen LogP contribution in [0.5, 0.6) is 0 Å². The first-order chi connectivity index (χ1) is 9.08. The van der Waals surface area contributed by atoms with Gasteiger partial charge in [-0.25, -0.2) is 10.8 Å².